The maximum atomic E-state index is 5.84. The van der Waals surface area contributed by atoms with Crippen molar-refractivity contribution >= 4 is 33.2 Å². The Morgan fingerprint density at radius 2 is 2.05 bits per heavy atom. The summed E-state index contributed by atoms with van der Waals surface area (Å²) < 4.78 is 0.977. The molecule has 0 atom stereocenters. The quantitative estimate of drug-likeness (QED) is 0.879. The van der Waals surface area contributed by atoms with Gasteiger partial charge in [0.25, 0.3) is 0 Å². The Labute approximate surface area is 119 Å². The molecule has 94 valence electrons. The third kappa shape index (κ3) is 2.42. The molecule has 5 heteroatoms. The van der Waals surface area contributed by atoms with Gasteiger partial charge in [0.2, 0.25) is 0 Å². The molecular weight excluding hydrogens is 304 g/mol. The number of hydrogen-bond acceptors (Lipinski definition) is 4. The number of benzene rings is 1. The van der Waals surface area contributed by atoms with E-state index in [1.54, 1.807) is 6.20 Å². The van der Waals surface area contributed by atoms with Crippen LogP contribution in [0.3, 0.4) is 0 Å². The van der Waals surface area contributed by atoms with Crippen molar-refractivity contribution in [3.63, 3.8) is 0 Å². The van der Waals surface area contributed by atoms with E-state index >= 15 is 0 Å². The molecule has 0 fully saturated rings. The molecule has 0 saturated carbocycles. The summed E-state index contributed by atoms with van der Waals surface area (Å²) in [7, 11) is 0. The van der Waals surface area contributed by atoms with Crippen LogP contribution in [0.15, 0.2) is 57.1 Å². The first-order valence-corrected chi connectivity index (χ1v) is 6.62. The fraction of sp³-hybridized carbons (Fsp3) is 0.0714. The molecule has 2 aromatic rings. The number of hydrogen-bond donors (Lipinski definition) is 1. The van der Waals surface area contributed by atoms with E-state index in [-0.39, 0.29) is 0 Å². The molecule has 4 nitrogen and oxygen atoms in total. The highest BCUT2D eigenvalue weighted by Gasteiger charge is 2.16. The molecule has 0 radical (unpaired) electrons. The van der Waals surface area contributed by atoms with Crippen molar-refractivity contribution in [3.05, 3.63) is 58.3 Å². The molecule has 0 amide bonds. The Hall–Kier alpha value is -2.01. The highest BCUT2D eigenvalue weighted by molar-refractivity contribution is 9.10. The van der Waals surface area contributed by atoms with Crippen LogP contribution in [0.1, 0.15) is 11.3 Å². The fourth-order valence-electron chi connectivity index (χ4n) is 1.95. The van der Waals surface area contributed by atoms with Crippen LogP contribution >= 0.6 is 15.9 Å². The molecule has 19 heavy (non-hydrogen) atoms. The first-order chi connectivity index (χ1) is 9.24. The van der Waals surface area contributed by atoms with E-state index in [1.165, 1.54) is 0 Å². The highest BCUT2D eigenvalue weighted by Crippen LogP contribution is 2.27. The zero-order chi connectivity index (χ0) is 13.2. The zero-order valence-corrected chi connectivity index (χ0v) is 11.6. The van der Waals surface area contributed by atoms with Crippen LogP contribution in [0.4, 0.5) is 5.69 Å². The van der Waals surface area contributed by atoms with E-state index in [2.05, 4.69) is 30.9 Å². The summed E-state index contributed by atoms with van der Waals surface area (Å²) in [6.45, 7) is 0.387. The van der Waals surface area contributed by atoms with E-state index in [9.17, 15) is 0 Å². The molecule has 0 aliphatic carbocycles. The van der Waals surface area contributed by atoms with Crippen LogP contribution in [0.2, 0.25) is 0 Å². The Morgan fingerprint density at radius 3 is 2.84 bits per heavy atom. The third-order valence-electron chi connectivity index (χ3n) is 2.78. The van der Waals surface area contributed by atoms with Gasteiger partial charge in [0.15, 0.2) is 0 Å². The molecule has 0 saturated heterocycles. The maximum Gasteiger partial charge on any atom is 0.121 e. The fourth-order valence-corrected chi connectivity index (χ4v) is 2.31. The van der Waals surface area contributed by atoms with Crippen molar-refractivity contribution in [2.45, 2.75) is 0 Å². The second-order valence-electron chi connectivity index (χ2n) is 4.14. The van der Waals surface area contributed by atoms with Gasteiger partial charge in [0, 0.05) is 16.2 Å². The van der Waals surface area contributed by atoms with E-state index in [4.69, 9.17) is 5.73 Å². The molecule has 0 unspecified atom stereocenters. The van der Waals surface area contributed by atoms with Gasteiger partial charge in [-0.25, -0.2) is 4.99 Å². The smallest absolute Gasteiger partial charge is 0.121 e. The molecule has 0 bridgehead atoms. The molecular formula is C14H11BrN4. The van der Waals surface area contributed by atoms with Crippen LogP contribution < -0.4 is 5.73 Å². The second kappa shape index (κ2) is 4.93. The largest absolute Gasteiger partial charge is 0.386 e. The van der Waals surface area contributed by atoms with Crippen molar-refractivity contribution in [2.75, 3.05) is 6.54 Å². The van der Waals surface area contributed by atoms with Gasteiger partial charge in [-0.3, -0.25) is 9.98 Å². The summed E-state index contributed by atoms with van der Waals surface area (Å²) in [5.41, 5.74) is 9.25. The van der Waals surface area contributed by atoms with Crippen molar-refractivity contribution in [2.24, 2.45) is 15.7 Å². The van der Waals surface area contributed by atoms with Gasteiger partial charge in [-0.05, 0) is 30.3 Å². The number of nitrogens with zero attached hydrogens (tertiary/aromatic N) is 3. The first kappa shape index (κ1) is 12.0. The lowest BCUT2D eigenvalue weighted by Gasteiger charge is -2.07. The third-order valence-corrected chi connectivity index (χ3v) is 3.28. The maximum absolute atomic E-state index is 5.84. The molecule has 1 aliphatic heterocycles. The van der Waals surface area contributed by atoms with E-state index in [0.29, 0.717) is 12.4 Å². The number of aliphatic imine (C=N–C) groups is 2. The van der Waals surface area contributed by atoms with Gasteiger partial charge in [-0.1, -0.05) is 22.0 Å². The Bertz CT molecular complexity index is 677. The monoisotopic (exact) mass is 314 g/mol. The van der Waals surface area contributed by atoms with Gasteiger partial charge in [0.05, 0.1) is 23.6 Å². The van der Waals surface area contributed by atoms with Crippen molar-refractivity contribution in [1.82, 2.24) is 4.98 Å². The number of nitrogens with two attached hydrogens (primary N) is 1. The minimum absolute atomic E-state index is 0.387. The average Bonchev–Trinajstić information content (AvgIpc) is 2.58. The Morgan fingerprint density at radius 1 is 1.16 bits per heavy atom. The van der Waals surface area contributed by atoms with E-state index in [0.717, 1.165) is 27.1 Å². The van der Waals surface area contributed by atoms with Gasteiger partial charge < -0.3 is 5.73 Å². The highest BCUT2D eigenvalue weighted by atomic mass is 79.9. The molecule has 0 spiro atoms. The van der Waals surface area contributed by atoms with Crippen molar-refractivity contribution < 1.29 is 0 Å². The van der Waals surface area contributed by atoms with Crippen LogP contribution in [0.5, 0.6) is 0 Å². The number of halogens is 1. The molecule has 2 heterocycles. The first-order valence-electron chi connectivity index (χ1n) is 5.83. The zero-order valence-electron chi connectivity index (χ0n) is 10.0. The van der Waals surface area contributed by atoms with Crippen LogP contribution in [-0.2, 0) is 0 Å². The minimum atomic E-state index is 0.387. The number of fused-ring (bicyclic) bond motifs is 1. The van der Waals surface area contributed by atoms with Gasteiger partial charge >= 0.3 is 0 Å². The summed E-state index contributed by atoms with van der Waals surface area (Å²) in [4.78, 5) is 13.3. The minimum Gasteiger partial charge on any atom is -0.386 e. The average molecular weight is 315 g/mol. The second-order valence-corrected chi connectivity index (χ2v) is 5.06. The summed E-state index contributed by atoms with van der Waals surface area (Å²) >= 11 is 3.48. The van der Waals surface area contributed by atoms with Crippen LogP contribution in [-0.4, -0.2) is 23.1 Å². The number of aromatic nitrogens is 1. The van der Waals surface area contributed by atoms with Crippen molar-refractivity contribution in [1.29, 1.82) is 0 Å². The molecule has 1 aromatic carbocycles. The Kier molecular flexibility index (Phi) is 3.13. The normalized spacial score (nSPS) is 14.2. The van der Waals surface area contributed by atoms with Crippen LogP contribution in [0.25, 0.3) is 0 Å². The van der Waals surface area contributed by atoms with Crippen molar-refractivity contribution in [3.8, 4) is 0 Å². The predicted octanol–water partition coefficient (Wildman–Crippen LogP) is 2.68. The molecule has 1 aromatic heterocycles. The SMILES string of the molecule is NC1=Nc2ccc(Br)cc2C(c2ccccn2)=NC1. The topological polar surface area (TPSA) is 63.6 Å². The van der Waals surface area contributed by atoms with E-state index < -0.39 is 0 Å². The Balaban J connectivity index is 2.21. The molecule has 1 aliphatic rings. The summed E-state index contributed by atoms with van der Waals surface area (Å²) in [5, 5.41) is 0. The lowest BCUT2D eigenvalue weighted by molar-refractivity contribution is 1.23. The lowest BCUT2D eigenvalue weighted by Crippen LogP contribution is -2.15. The molecule has 2 N–H and O–H groups in total. The van der Waals surface area contributed by atoms with Crippen LogP contribution in [0, 0.1) is 0 Å². The number of amidine groups is 1. The number of rotatable bonds is 1. The number of pyridine rings is 1. The standard InChI is InChI=1S/C14H11BrN4/c15-9-4-5-11-10(7-9)14(18-8-13(16)19-11)12-3-1-2-6-17-12/h1-7H,8H2,(H2,16,19). The molecule has 3 rings (SSSR count). The van der Waals surface area contributed by atoms with E-state index in [1.807, 2.05) is 36.4 Å². The van der Waals surface area contributed by atoms with Gasteiger partial charge in [-0.2, -0.15) is 0 Å². The van der Waals surface area contributed by atoms with Gasteiger partial charge in [-0.15, -0.1) is 0 Å². The summed E-state index contributed by atoms with van der Waals surface area (Å²) in [6.07, 6.45) is 1.75. The van der Waals surface area contributed by atoms with Gasteiger partial charge in [0.1, 0.15) is 5.84 Å². The lowest BCUT2D eigenvalue weighted by atomic mass is 10.0. The summed E-state index contributed by atoms with van der Waals surface area (Å²) in [5.74, 6) is 0.509. The summed E-state index contributed by atoms with van der Waals surface area (Å²) in [6, 6.07) is 11.6. The predicted molar refractivity (Wildman–Crippen MR) is 80.2 cm³/mol.